The van der Waals surface area contributed by atoms with Crippen LogP contribution >= 0.6 is 0 Å². The zero-order valence-electron chi connectivity index (χ0n) is 5.26. The van der Waals surface area contributed by atoms with Gasteiger partial charge in [-0.2, -0.15) is 0 Å². The van der Waals surface area contributed by atoms with E-state index in [9.17, 15) is 19.3 Å². The van der Waals surface area contributed by atoms with Crippen LogP contribution in [0.15, 0.2) is 4.23 Å². The topological polar surface area (TPSA) is 141 Å². The van der Waals surface area contributed by atoms with Gasteiger partial charge in [-0.1, -0.05) is 0 Å². The van der Waals surface area contributed by atoms with Crippen molar-refractivity contribution in [3.8, 4) is 0 Å². The molecule has 0 bridgehead atoms. The molecule has 0 radical (unpaired) electrons. The van der Waals surface area contributed by atoms with E-state index in [1.165, 1.54) is 0 Å². The van der Waals surface area contributed by atoms with Crippen LogP contribution < -0.4 is 0 Å². The van der Waals surface area contributed by atoms with E-state index < -0.39 is 27.5 Å². The molecule has 0 aliphatic rings. The summed E-state index contributed by atoms with van der Waals surface area (Å²) < 4.78 is 1.68. The van der Waals surface area contributed by atoms with Gasteiger partial charge in [-0.05, 0) is 0 Å². The summed E-state index contributed by atoms with van der Waals surface area (Å²) in [6.45, 7) is 0. The molecule has 0 aromatic heterocycles. The van der Waals surface area contributed by atoms with Crippen molar-refractivity contribution in [1.29, 1.82) is 0 Å². The van der Waals surface area contributed by atoms with Gasteiger partial charge in [-0.25, -0.2) is 0 Å². The fraction of sp³-hybridized carbons (Fsp3) is 0. The number of rotatable bonds is 4. The van der Waals surface area contributed by atoms with Gasteiger partial charge in [-0.3, -0.25) is 0 Å². The van der Waals surface area contributed by atoms with Gasteiger partial charge in [0.15, 0.2) is 0 Å². The minimum absolute atomic E-state index is 1.68. The van der Waals surface area contributed by atoms with E-state index in [1.54, 1.807) is 4.23 Å². The number of nitroso groups, excluding NO2 is 1. The first-order chi connectivity index (χ1) is 5.39. The van der Waals surface area contributed by atoms with Crippen LogP contribution in [0.5, 0.6) is 0 Å². The third-order valence-electron chi connectivity index (χ3n) is 0.710. The molecule has 9 heteroatoms. The monoisotopic (exact) mass is 224 g/mol. The number of carbonyl (C=O) groups is 3. The average molecular weight is 224 g/mol. The van der Waals surface area contributed by atoms with Crippen LogP contribution in [0.4, 0.5) is 14.4 Å². The van der Waals surface area contributed by atoms with E-state index in [4.69, 9.17) is 15.3 Å². The quantitative estimate of drug-likeness (QED) is 0.600. The zero-order valence-corrected chi connectivity index (χ0v) is 6.30. The summed E-state index contributed by atoms with van der Waals surface area (Å²) >= 11 is -4.85. The van der Waals surface area contributed by atoms with Crippen molar-refractivity contribution in [2.75, 3.05) is 0 Å². The van der Waals surface area contributed by atoms with E-state index in [1.807, 2.05) is 0 Å². The summed E-state index contributed by atoms with van der Waals surface area (Å²) in [5.74, 6) is 0. The Bertz CT molecular complexity index is 223. The molecule has 12 heavy (non-hydrogen) atoms. The average Bonchev–Trinajstić information content (AvgIpc) is 1.86. The molecule has 0 fully saturated rings. The molecule has 71 valence electrons. The second kappa shape index (κ2) is 3.28. The Morgan fingerprint density at radius 2 is 1.17 bits per heavy atom. The van der Waals surface area contributed by atoms with E-state index in [2.05, 4.69) is 0 Å². The normalized spacial score (nSPS) is 11.7. The Balaban J connectivity index is 5.33. The van der Waals surface area contributed by atoms with E-state index in [-0.39, 0.29) is 0 Å². The molecule has 0 spiro atoms. The molecule has 0 aromatic rings. The van der Waals surface area contributed by atoms with Gasteiger partial charge in [0.1, 0.15) is 0 Å². The van der Waals surface area contributed by atoms with Gasteiger partial charge in [0.05, 0.1) is 0 Å². The summed E-state index contributed by atoms with van der Waals surface area (Å²) in [5, 5.41) is 24.5. The maximum absolute atomic E-state index is 10.1. The molecule has 0 heterocycles. The number of hydrogen-bond acceptors (Lipinski definition) is 5. The van der Waals surface area contributed by atoms with Crippen LogP contribution in [0.1, 0.15) is 0 Å². The molecule has 0 saturated heterocycles. The summed E-state index contributed by atoms with van der Waals surface area (Å²) in [5.41, 5.74) is 0. The number of nitrogens with zero attached hydrogens (tertiary/aromatic N) is 1. The first kappa shape index (κ1) is 10.5. The van der Waals surface area contributed by atoms with Crippen LogP contribution in [0.25, 0.3) is 0 Å². The van der Waals surface area contributed by atoms with Gasteiger partial charge >= 0.3 is 66.4 Å². The van der Waals surface area contributed by atoms with Crippen LogP contribution in [-0.2, 0) is 12.8 Å². The molecule has 0 atom stereocenters. The molecule has 3 N–H and O–H groups in total. The Labute approximate surface area is 67.1 Å². The number of hydrogen-bond donors (Lipinski definition) is 3. The molecule has 0 aliphatic carbocycles. The summed E-state index contributed by atoms with van der Waals surface area (Å²) in [6, 6.07) is 0. The second-order valence-corrected chi connectivity index (χ2v) is 4.24. The van der Waals surface area contributed by atoms with Crippen LogP contribution in [0, 0.1) is 4.91 Å². The Morgan fingerprint density at radius 3 is 1.17 bits per heavy atom. The molecule has 0 amide bonds. The van der Waals surface area contributed by atoms with Crippen molar-refractivity contribution in [3.05, 3.63) is 4.91 Å². The van der Waals surface area contributed by atoms with Crippen molar-refractivity contribution in [2.45, 2.75) is 0 Å². The third-order valence-corrected chi connectivity index (χ3v) is 2.93. The van der Waals surface area contributed by atoms with Crippen molar-refractivity contribution < 1.29 is 42.5 Å². The van der Waals surface area contributed by atoms with Crippen LogP contribution in [0.3, 0.4) is 0 Å². The van der Waals surface area contributed by atoms with E-state index in [0.717, 1.165) is 0 Å². The summed E-state index contributed by atoms with van der Waals surface area (Å²) in [6.07, 6.45) is 0. The standard InChI is InChI=1S/3CHO2.Co.NO/c3*2-1-3;;1-2/h3*(H,2,3);;/q;;;+1;-1. The van der Waals surface area contributed by atoms with Crippen LogP contribution in [0.2, 0.25) is 0 Å². The molecule has 0 rings (SSSR count). The Morgan fingerprint density at radius 1 is 0.917 bits per heavy atom. The minimum atomic E-state index is -4.85. The SMILES string of the molecule is O=[N][Co]([C](=O)O)([C](=O)O)[C](=O)O. The predicted octanol–water partition coefficient (Wildman–Crippen LogP) is 0.856. The first-order valence-corrected chi connectivity index (χ1v) is 4.14. The maximum atomic E-state index is 10.1. The molecule has 0 unspecified atom stereocenters. The molecule has 0 saturated carbocycles. The van der Waals surface area contributed by atoms with E-state index in [0.29, 0.717) is 0 Å². The van der Waals surface area contributed by atoms with Crippen molar-refractivity contribution >= 4 is 14.7 Å². The predicted molar refractivity (Wildman–Crippen MR) is 29.9 cm³/mol. The van der Waals surface area contributed by atoms with Crippen molar-refractivity contribution in [3.63, 3.8) is 0 Å². The van der Waals surface area contributed by atoms with Crippen LogP contribution in [-0.4, -0.2) is 30.0 Å². The Kier molecular flexibility index (Phi) is 2.87. The molecule has 0 aromatic carbocycles. The second-order valence-electron chi connectivity index (χ2n) is 1.24. The van der Waals surface area contributed by atoms with Gasteiger partial charge < -0.3 is 0 Å². The van der Waals surface area contributed by atoms with Gasteiger partial charge in [0, 0.05) is 0 Å². The van der Waals surface area contributed by atoms with Gasteiger partial charge in [0.25, 0.3) is 0 Å². The molecular formula is C3H3CoNO7. The summed E-state index contributed by atoms with van der Waals surface area (Å²) in [7, 11) is 0. The fourth-order valence-electron chi connectivity index (χ4n) is 0.261. The van der Waals surface area contributed by atoms with Gasteiger partial charge in [-0.15, -0.1) is 0 Å². The molecule has 8 nitrogen and oxygen atoms in total. The van der Waals surface area contributed by atoms with E-state index >= 15 is 0 Å². The van der Waals surface area contributed by atoms with Gasteiger partial charge in [0.2, 0.25) is 0 Å². The van der Waals surface area contributed by atoms with Crippen molar-refractivity contribution in [1.82, 2.24) is 0 Å². The molecular weight excluding hydrogens is 221 g/mol. The Hall–Kier alpha value is -1.48. The first-order valence-electron chi connectivity index (χ1n) is 2.11. The fourth-order valence-corrected chi connectivity index (χ4v) is 1.08. The number of carboxylic acid groups (broad SMARTS) is 3. The summed E-state index contributed by atoms with van der Waals surface area (Å²) in [4.78, 5) is 33.5. The third kappa shape index (κ3) is 1.26. The molecule has 0 aliphatic heterocycles. The van der Waals surface area contributed by atoms with Crippen molar-refractivity contribution in [2.24, 2.45) is 4.23 Å². The zero-order chi connectivity index (χ0) is 9.94.